The van der Waals surface area contributed by atoms with E-state index in [4.69, 9.17) is 4.74 Å². The average Bonchev–Trinajstić information content (AvgIpc) is 3.14. The Kier molecular flexibility index (Phi) is 4.07. The monoisotopic (exact) mass is 341 g/mol. The van der Waals surface area contributed by atoms with Crippen LogP contribution >= 0.6 is 0 Å². The summed E-state index contributed by atoms with van der Waals surface area (Å²) in [5, 5.41) is 10.7. The molecule has 4 rings (SSSR count). The quantitative estimate of drug-likeness (QED) is 0.894. The van der Waals surface area contributed by atoms with Crippen LogP contribution in [0.15, 0.2) is 29.1 Å². The third kappa shape index (κ3) is 2.56. The molecule has 2 aromatic rings. The third-order valence-corrected chi connectivity index (χ3v) is 5.90. The number of H-pyrrole nitrogens is 1. The highest BCUT2D eigenvalue weighted by atomic mass is 16.5. The maximum absolute atomic E-state index is 12.8. The number of nitrogens with zero attached hydrogens (tertiary/aromatic N) is 1. The molecule has 0 bridgehead atoms. The van der Waals surface area contributed by atoms with E-state index in [1.165, 1.54) is 12.8 Å². The molecule has 1 aromatic carbocycles. The number of rotatable bonds is 4. The molecule has 25 heavy (non-hydrogen) atoms. The number of amides is 1. The van der Waals surface area contributed by atoms with E-state index in [1.54, 1.807) is 18.2 Å². The van der Waals surface area contributed by atoms with Crippen LogP contribution in [0.2, 0.25) is 0 Å². The van der Waals surface area contributed by atoms with E-state index < -0.39 is 0 Å². The standard InChI is InChI=1S/C19H23N3O3/c1-2-25-15-11-14(19(15)9-5-6-10-19)20-18(24)16-12-7-3-4-8-13(12)17(23)22-21-16/h3-4,7-8,14-15H,2,5-6,9-11H2,1H3,(H,20,24)(H,22,23)/t14-,15+/m0/s1. The highest BCUT2D eigenvalue weighted by Crippen LogP contribution is 2.54. The lowest BCUT2D eigenvalue weighted by Crippen LogP contribution is -2.63. The summed E-state index contributed by atoms with van der Waals surface area (Å²) in [5.74, 6) is -0.223. The smallest absolute Gasteiger partial charge is 0.272 e. The van der Waals surface area contributed by atoms with Gasteiger partial charge in [0.2, 0.25) is 0 Å². The van der Waals surface area contributed by atoms with Gasteiger partial charge in [0.1, 0.15) is 0 Å². The van der Waals surface area contributed by atoms with Crippen LogP contribution in [0.25, 0.3) is 10.8 Å². The first-order chi connectivity index (χ1) is 12.2. The Balaban J connectivity index is 1.59. The number of aromatic amines is 1. The first kappa shape index (κ1) is 16.3. The van der Waals surface area contributed by atoms with Gasteiger partial charge in [-0.1, -0.05) is 31.0 Å². The Morgan fingerprint density at radius 1 is 1.32 bits per heavy atom. The second kappa shape index (κ2) is 6.26. The zero-order valence-electron chi connectivity index (χ0n) is 14.4. The fraction of sp³-hybridized carbons (Fsp3) is 0.526. The summed E-state index contributed by atoms with van der Waals surface area (Å²) in [6, 6.07) is 7.19. The molecule has 1 amide bonds. The Bertz CT molecular complexity index is 854. The molecule has 2 fully saturated rings. The summed E-state index contributed by atoms with van der Waals surface area (Å²) in [5.41, 5.74) is 0.0756. The lowest BCUT2D eigenvalue weighted by molar-refractivity contribution is -0.127. The molecule has 2 N–H and O–H groups in total. The van der Waals surface area contributed by atoms with E-state index in [0.29, 0.717) is 17.4 Å². The van der Waals surface area contributed by atoms with Crippen molar-refractivity contribution < 1.29 is 9.53 Å². The van der Waals surface area contributed by atoms with Crippen LogP contribution in [-0.4, -0.2) is 34.9 Å². The lowest BCUT2D eigenvalue weighted by Gasteiger charge is -2.54. The topological polar surface area (TPSA) is 84.1 Å². The van der Waals surface area contributed by atoms with E-state index >= 15 is 0 Å². The van der Waals surface area contributed by atoms with Crippen molar-refractivity contribution in [3.63, 3.8) is 0 Å². The Morgan fingerprint density at radius 2 is 2.04 bits per heavy atom. The summed E-state index contributed by atoms with van der Waals surface area (Å²) in [6.07, 6.45) is 5.67. The SMILES string of the molecule is CCO[C@@H]1C[C@H](NC(=O)c2n[nH]c(=O)c3ccccc23)C12CCCC2. The summed E-state index contributed by atoms with van der Waals surface area (Å²) >= 11 is 0. The molecule has 132 valence electrons. The maximum atomic E-state index is 12.8. The number of hydrogen-bond donors (Lipinski definition) is 2. The summed E-state index contributed by atoms with van der Waals surface area (Å²) in [7, 11) is 0. The minimum Gasteiger partial charge on any atom is -0.378 e. The first-order valence-corrected chi connectivity index (χ1v) is 9.05. The molecule has 0 saturated heterocycles. The number of nitrogens with one attached hydrogen (secondary N) is 2. The highest BCUT2D eigenvalue weighted by Gasteiger charge is 2.57. The average molecular weight is 341 g/mol. The molecule has 6 heteroatoms. The van der Waals surface area contributed by atoms with Crippen molar-refractivity contribution in [3.8, 4) is 0 Å². The lowest BCUT2D eigenvalue weighted by atomic mass is 9.60. The molecule has 0 unspecified atom stereocenters. The number of hydrogen-bond acceptors (Lipinski definition) is 4. The minimum absolute atomic E-state index is 0.0731. The number of fused-ring (bicyclic) bond motifs is 1. The number of benzene rings is 1. The van der Waals surface area contributed by atoms with Crippen LogP contribution in [0.5, 0.6) is 0 Å². The van der Waals surface area contributed by atoms with Gasteiger partial charge in [-0.2, -0.15) is 5.10 Å². The van der Waals surface area contributed by atoms with E-state index in [9.17, 15) is 9.59 Å². The summed E-state index contributed by atoms with van der Waals surface area (Å²) in [4.78, 5) is 24.7. The largest absolute Gasteiger partial charge is 0.378 e. The van der Waals surface area contributed by atoms with Gasteiger partial charge in [-0.15, -0.1) is 0 Å². The summed E-state index contributed by atoms with van der Waals surface area (Å²) < 4.78 is 5.90. The molecule has 1 aromatic heterocycles. The Hall–Kier alpha value is -2.21. The van der Waals surface area contributed by atoms with Crippen LogP contribution in [0.4, 0.5) is 0 Å². The molecule has 1 heterocycles. The van der Waals surface area contributed by atoms with Crippen LogP contribution in [0.1, 0.15) is 49.5 Å². The van der Waals surface area contributed by atoms with Crippen LogP contribution < -0.4 is 10.9 Å². The van der Waals surface area contributed by atoms with Gasteiger partial charge in [-0.05, 0) is 32.3 Å². The molecule has 2 saturated carbocycles. The molecule has 2 aliphatic carbocycles. The molecular weight excluding hydrogens is 318 g/mol. The fourth-order valence-corrected chi connectivity index (χ4v) is 4.60. The van der Waals surface area contributed by atoms with Gasteiger partial charge < -0.3 is 10.1 Å². The minimum atomic E-state index is -0.278. The van der Waals surface area contributed by atoms with Gasteiger partial charge >= 0.3 is 0 Å². The van der Waals surface area contributed by atoms with E-state index in [2.05, 4.69) is 15.5 Å². The van der Waals surface area contributed by atoms with E-state index in [0.717, 1.165) is 19.3 Å². The molecule has 2 atom stereocenters. The fourth-order valence-electron chi connectivity index (χ4n) is 4.60. The predicted octanol–water partition coefficient (Wildman–Crippen LogP) is 2.39. The van der Waals surface area contributed by atoms with Gasteiger partial charge in [0.05, 0.1) is 11.5 Å². The van der Waals surface area contributed by atoms with Gasteiger partial charge in [-0.3, -0.25) is 9.59 Å². The van der Waals surface area contributed by atoms with Crippen LogP contribution in [-0.2, 0) is 4.74 Å². The molecule has 6 nitrogen and oxygen atoms in total. The second-order valence-electron chi connectivity index (χ2n) is 7.09. The second-order valence-corrected chi connectivity index (χ2v) is 7.09. The molecule has 0 aliphatic heterocycles. The third-order valence-electron chi connectivity index (χ3n) is 5.90. The van der Waals surface area contributed by atoms with Crippen molar-refractivity contribution in [1.29, 1.82) is 0 Å². The van der Waals surface area contributed by atoms with Gasteiger partial charge in [0.25, 0.3) is 11.5 Å². The zero-order chi connectivity index (χ0) is 17.4. The molecule has 2 aliphatic rings. The van der Waals surface area contributed by atoms with Crippen molar-refractivity contribution in [1.82, 2.24) is 15.5 Å². The van der Waals surface area contributed by atoms with Crippen LogP contribution in [0, 0.1) is 5.41 Å². The maximum Gasteiger partial charge on any atom is 0.272 e. The van der Waals surface area contributed by atoms with Crippen molar-refractivity contribution in [2.75, 3.05) is 6.61 Å². The predicted molar refractivity (Wildman–Crippen MR) is 94.5 cm³/mol. The molecule has 0 radical (unpaired) electrons. The summed E-state index contributed by atoms with van der Waals surface area (Å²) in [6.45, 7) is 2.73. The van der Waals surface area contributed by atoms with E-state index in [-0.39, 0.29) is 34.7 Å². The van der Waals surface area contributed by atoms with Crippen molar-refractivity contribution in [3.05, 3.63) is 40.3 Å². The number of aromatic nitrogens is 2. The van der Waals surface area contributed by atoms with Gasteiger partial charge in [0, 0.05) is 23.4 Å². The number of carbonyl (C=O) groups excluding carboxylic acids is 1. The normalized spacial score (nSPS) is 24.4. The van der Waals surface area contributed by atoms with Gasteiger partial charge in [0.15, 0.2) is 5.69 Å². The number of carbonyl (C=O) groups is 1. The van der Waals surface area contributed by atoms with Gasteiger partial charge in [-0.25, -0.2) is 5.10 Å². The first-order valence-electron chi connectivity index (χ1n) is 9.05. The van der Waals surface area contributed by atoms with Crippen molar-refractivity contribution >= 4 is 16.7 Å². The van der Waals surface area contributed by atoms with Crippen molar-refractivity contribution in [2.24, 2.45) is 5.41 Å². The Labute approximate surface area is 146 Å². The molecular formula is C19H23N3O3. The van der Waals surface area contributed by atoms with Crippen molar-refractivity contribution in [2.45, 2.75) is 51.2 Å². The zero-order valence-corrected chi connectivity index (χ0v) is 14.4. The highest BCUT2D eigenvalue weighted by molar-refractivity contribution is 6.04. The van der Waals surface area contributed by atoms with E-state index in [1.807, 2.05) is 13.0 Å². The molecule has 1 spiro atoms. The Morgan fingerprint density at radius 3 is 2.76 bits per heavy atom. The van der Waals surface area contributed by atoms with Crippen LogP contribution in [0.3, 0.4) is 0 Å². The number of ether oxygens (including phenoxy) is 1.